The summed E-state index contributed by atoms with van der Waals surface area (Å²) < 4.78 is 13.3. The van der Waals surface area contributed by atoms with Crippen LogP contribution in [0.15, 0.2) is 18.2 Å². The van der Waals surface area contributed by atoms with E-state index in [4.69, 9.17) is 0 Å². The van der Waals surface area contributed by atoms with Gasteiger partial charge in [-0.3, -0.25) is 0 Å². The Kier molecular flexibility index (Phi) is 3.82. The van der Waals surface area contributed by atoms with Crippen molar-refractivity contribution < 1.29 is 4.39 Å². The van der Waals surface area contributed by atoms with Crippen molar-refractivity contribution in [3.05, 3.63) is 35.1 Å². The minimum Gasteiger partial charge on any atom is -0.313 e. The molecule has 2 rings (SSSR count). The summed E-state index contributed by atoms with van der Waals surface area (Å²) in [6.07, 6.45) is 3.88. The predicted molar refractivity (Wildman–Crippen MR) is 69.4 cm³/mol. The lowest BCUT2D eigenvalue weighted by Crippen LogP contribution is -2.24. The quantitative estimate of drug-likeness (QED) is 0.839. The van der Waals surface area contributed by atoms with Crippen LogP contribution >= 0.6 is 0 Å². The van der Waals surface area contributed by atoms with Gasteiger partial charge in [0.05, 0.1) is 0 Å². The van der Waals surface area contributed by atoms with Crippen LogP contribution in [-0.2, 0) is 0 Å². The Morgan fingerprint density at radius 1 is 1.35 bits per heavy atom. The molecule has 17 heavy (non-hydrogen) atoms. The van der Waals surface area contributed by atoms with Crippen molar-refractivity contribution in [2.45, 2.75) is 39.2 Å². The summed E-state index contributed by atoms with van der Waals surface area (Å²) in [6, 6.07) is 5.87. The maximum absolute atomic E-state index is 13.3. The Morgan fingerprint density at radius 2 is 2.12 bits per heavy atom. The molecule has 1 saturated carbocycles. The zero-order valence-corrected chi connectivity index (χ0v) is 11.0. The highest BCUT2D eigenvalue weighted by atomic mass is 19.1. The van der Waals surface area contributed by atoms with Crippen LogP contribution in [0.3, 0.4) is 0 Å². The molecule has 3 unspecified atom stereocenters. The van der Waals surface area contributed by atoms with E-state index in [0.29, 0.717) is 12.0 Å². The smallest absolute Gasteiger partial charge is 0.126 e. The molecule has 1 N–H and O–H groups in total. The van der Waals surface area contributed by atoms with E-state index in [1.165, 1.54) is 24.8 Å². The van der Waals surface area contributed by atoms with E-state index in [0.717, 1.165) is 11.5 Å². The van der Waals surface area contributed by atoms with Gasteiger partial charge in [0.1, 0.15) is 5.82 Å². The summed E-state index contributed by atoms with van der Waals surface area (Å²) >= 11 is 0. The molecule has 0 amide bonds. The molecule has 0 aliphatic heterocycles. The Hall–Kier alpha value is -0.890. The molecule has 0 spiro atoms. The van der Waals surface area contributed by atoms with Crippen LogP contribution < -0.4 is 5.32 Å². The van der Waals surface area contributed by atoms with Gasteiger partial charge >= 0.3 is 0 Å². The average Bonchev–Trinajstić information content (AvgIpc) is 2.71. The second-order valence-corrected chi connectivity index (χ2v) is 5.45. The van der Waals surface area contributed by atoms with Crippen molar-refractivity contribution in [3.63, 3.8) is 0 Å². The van der Waals surface area contributed by atoms with E-state index in [1.54, 1.807) is 6.07 Å². The van der Waals surface area contributed by atoms with Crippen LogP contribution in [0.2, 0.25) is 0 Å². The van der Waals surface area contributed by atoms with Crippen molar-refractivity contribution in [1.29, 1.82) is 0 Å². The van der Waals surface area contributed by atoms with Crippen LogP contribution in [0.25, 0.3) is 0 Å². The van der Waals surface area contributed by atoms with Gasteiger partial charge in [-0.15, -0.1) is 0 Å². The first-order valence-corrected chi connectivity index (χ1v) is 6.55. The molecule has 0 saturated heterocycles. The van der Waals surface area contributed by atoms with E-state index < -0.39 is 0 Å². The van der Waals surface area contributed by atoms with Crippen LogP contribution in [0.4, 0.5) is 4.39 Å². The van der Waals surface area contributed by atoms with E-state index >= 15 is 0 Å². The number of nitrogens with one attached hydrogen (secondary N) is 1. The van der Waals surface area contributed by atoms with Gasteiger partial charge < -0.3 is 5.32 Å². The number of hydrogen-bond donors (Lipinski definition) is 1. The maximum atomic E-state index is 13.3. The molecule has 0 heterocycles. The summed E-state index contributed by atoms with van der Waals surface area (Å²) in [6.45, 7) is 4.16. The largest absolute Gasteiger partial charge is 0.313 e. The molecule has 0 radical (unpaired) electrons. The lowest BCUT2D eigenvalue weighted by atomic mass is 9.90. The second kappa shape index (κ2) is 5.18. The summed E-state index contributed by atoms with van der Waals surface area (Å²) in [5.41, 5.74) is 1.97. The number of rotatable bonds is 3. The predicted octanol–water partition coefficient (Wildman–Crippen LogP) is 3.83. The average molecular weight is 235 g/mol. The lowest BCUT2D eigenvalue weighted by molar-refractivity contribution is 0.379. The van der Waals surface area contributed by atoms with Crippen molar-refractivity contribution >= 4 is 0 Å². The molecule has 3 atom stereocenters. The Balaban J connectivity index is 2.20. The van der Waals surface area contributed by atoms with Gasteiger partial charge in [0.15, 0.2) is 0 Å². The molecule has 1 nitrogen and oxygen atoms in total. The summed E-state index contributed by atoms with van der Waals surface area (Å²) in [4.78, 5) is 0. The fourth-order valence-electron chi connectivity index (χ4n) is 3.09. The fourth-order valence-corrected chi connectivity index (χ4v) is 3.09. The highest BCUT2D eigenvalue weighted by Gasteiger charge is 2.28. The molecule has 1 aromatic rings. The van der Waals surface area contributed by atoms with Crippen LogP contribution in [0.1, 0.15) is 43.4 Å². The standard InChI is InChI=1S/C15H22FN/c1-10-4-5-12(8-10)15(17-3)13-6-7-14(16)11(2)9-13/h6-7,9-10,12,15,17H,4-5,8H2,1-3H3. The van der Waals surface area contributed by atoms with Crippen LogP contribution in [-0.4, -0.2) is 7.05 Å². The van der Waals surface area contributed by atoms with Crippen molar-refractivity contribution in [3.8, 4) is 0 Å². The molecule has 0 aromatic heterocycles. The molecule has 1 aliphatic carbocycles. The van der Waals surface area contributed by atoms with E-state index in [1.807, 2.05) is 26.1 Å². The number of benzene rings is 1. The van der Waals surface area contributed by atoms with E-state index in [-0.39, 0.29) is 5.82 Å². The summed E-state index contributed by atoms with van der Waals surface area (Å²) in [5.74, 6) is 1.42. The minimum atomic E-state index is -0.108. The van der Waals surface area contributed by atoms with Gasteiger partial charge in [0.25, 0.3) is 0 Å². The number of halogens is 1. The normalized spacial score (nSPS) is 26.1. The Bertz CT molecular complexity index is 389. The molecule has 1 fully saturated rings. The fraction of sp³-hybridized carbons (Fsp3) is 0.600. The zero-order chi connectivity index (χ0) is 12.4. The van der Waals surface area contributed by atoms with Gasteiger partial charge in [-0.1, -0.05) is 25.5 Å². The van der Waals surface area contributed by atoms with Gasteiger partial charge in [-0.25, -0.2) is 4.39 Å². The monoisotopic (exact) mass is 235 g/mol. The molecule has 1 aliphatic rings. The third-order valence-electron chi connectivity index (χ3n) is 4.06. The van der Waals surface area contributed by atoms with E-state index in [9.17, 15) is 4.39 Å². The van der Waals surface area contributed by atoms with Gasteiger partial charge in [0.2, 0.25) is 0 Å². The first kappa shape index (κ1) is 12.6. The maximum Gasteiger partial charge on any atom is 0.126 e. The molecule has 94 valence electrons. The highest BCUT2D eigenvalue weighted by molar-refractivity contribution is 5.27. The summed E-state index contributed by atoms with van der Waals surface area (Å²) in [7, 11) is 2.01. The van der Waals surface area contributed by atoms with Gasteiger partial charge in [-0.2, -0.15) is 0 Å². The molecule has 0 bridgehead atoms. The van der Waals surface area contributed by atoms with Crippen molar-refractivity contribution in [2.24, 2.45) is 11.8 Å². The Morgan fingerprint density at radius 3 is 2.65 bits per heavy atom. The van der Waals surface area contributed by atoms with Gasteiger partial charge in [0, 0.05) is 6.04 Å². The van der Waals surface area contributed by atoms with E-state index in [2.05, 4.69) is 12.2 Å². The van der Waals surface area contributed by atoms with Crippen molar-refractivity contribution in [2.75, 3.05) is 7.05 Å². The van der Waals surface area contributed by atoms with Gasteiger partial charge in [-0.05, 0) is 55.8 Å². The lowest BCUT2D eigenvalue weighted by Gasteiger charge is -2.24. The topological polar surface area (TPSA) is 12.0 Å². The third kappa shape index (κ3) is 2.68. The molecule has 1 aromatic carbocycles. The zero-order valence-electron chi connectivity index (χ0n) is 11.0. The van der Waals surface area contributed by atoms with Crippen LogP contribution in [0, 0.1) is 24.6 Å². The SMILES string of the molecule is CNC(c1ccc(F)c(C)c1)C1CCC(C)C1. The second-order valence-electron chi connectivity index (χ2n) is 5.45. The minimum absolute atomic E-state index is 0.108. The molecular weight excluding hydrogens is 213 g/mol. The van der Waals surface area contributed by atoms with Crippen LogP contribution in [0.5, 0.6) is 0 Å². The third-order valence-corrected chi connectivity index (χ3v) is 4.06. The number of hydrogen-bond acceptors (Lipinski definition) is 1. The highest BCUT2D eigenvalue weighted by Crippen LogP contribution is 2.38. The summed E-state index contributed by atoms with van der Waals surface area (Å²) in [5, 5.41) is 3.41. The number of aryl methyl sites for hydroxylation is 1. The first-order valence-electron chi connectivity index (χ1n) is 6.55. The molecular formula is C15H22FN. The first-order chi connectivity index (χ1) is 8.11. The van der Waals surface area contributed by atoms with Crippen molar-refractivity contribution in [1.82, 2.24) is 5.32 Å². The Labute approximate surface area is 103 Å². The molecule has 2 heteroatoms.